The van der Waals surface area contributed by atoms with Crippen molar-refractivity contribution < 1.29 is 0 Å². The van der Waals surface area contributed by atoms with Gasteiger partial charge >= 0.3 is 0 Å². The van der Waals surface area contributed by atoms with Crippen molar-refractivity contribution in [2.75, 3.05) is 0 Å². The van der Waals surface area contributed by atoms with Crippen molar-refractivity contribution in [3.63, 3.8) is 0 Å². The summed E-state index contributed by atoms with van der Waals surface area (Å²) in [6.07, 6.45) is 0. The van der Waals surface area contributed by atoms with E-state index in [9.17, 15) is 0 Å². The Balaban J connectivity index is 1.26. The molecule has 0 unspecified atom stereocenters. The standard InChI is InChI=1S/C47H28N4S/c1-2-13-30(14-3-1)45-48-46(34-23-22-29-12-4-5-15-31(29)24-34)50-47(49-45)39-27-38-36-19-9-11-21-43(36)52-44(38)28-42(39)51-40-20-10-8-18-35(40)37-25-32-16-6-7-17-33(32)26-41(37)51/h1-28H. The quantitative estimate of drug-likeness (QED) is 0.186. The molecule has 0 fully saturated rings. The molecular weight excluding hydrogens is 653 g/mol. The fourth-order valence-electron chi connectivity index (χ4n) is 7.71. The second kappa shape index (κ2) is 11.4. The molecule has 0 saturated heterocycles. The van der Waals surface area contributed by atoms with E-state index in [2.05, 4.69) is 156 Å². The molecule has 0 atom stereocenters. The molecule has 0 spiro atoms. The zero-order valence-corrected chi connectivity index (χ0v) is 28.7. The van der Waals surface area contributed by atoms with Gasteiger partial charge in [0.25, 0.3) is 0 Å². The topological polar surface area (TPSA) is 43.6 Å². The van der Waals surface area contributed by atoms with Crippen molar-refractivity contribution in [1.29, 1.82) is 0 Å². The van der Waals surface area contributed by atoms with Crippen LogP contribution in [0.15, 0.2) is 170 Å². The van der Waals surface area contributed by atoms with Crippen LogP contribution in [0.1, 0.15) is 0 Å². The zero-order valence-electron chi connectivity index (χ0n) is 27.9. The minimum absolute atomic E-state index is 0.635. The largest absolute Gasteiger partial charge is 0.308 e. The van der Waals surface area contributed by atoms with Gasteiger partial charge in [-0.1, -0.05) is 127 Å². The third-order valence-electron chi connectivity index (χ3n) is 10.2. The summed E-state index contributed by atoms with van der Waals surface area (Å²) in [5.74, 6) is 1.92. The van der Waals surface area contributed by atoms with Gasteiger partial charge in [0.2, 0.25) is 0 Å². The maximum atomic E-state index is 5.33. The molecule has 0 N–H and O–H groups in total. The van der Waals surface area contributed by atoms with Crippen molar-refractivity contribution in [2.24, 2.45) is 0 Å². The summed E-state index contributed by atoms with van der Waals surface area (Å²) in [5.41, 5.74) is 6.17. The van der Waals surface area contributed by atoms with Crippen molar-refractivity contribution in [1.82, 2.24) is 19.5 Å². The van der Waals surface area contributed by atoms with E-state index in [4.69, 9.17) is 15.0 Å². The van der Waals surface area contributed by atoms with Gasteiger partial charge in [0.1, 0.15) is 0 Å². The highest BCUT2D eigenvalue weighted by Gasteiger charge is 2.22. The molecular formula is C47H28N4S. The van der Waals surface area contributed by atoms with Crippen molar-refractivity contribution >= 4 is 74.9 Å². The summed E-state index contributed by atoms with van der Waals surface area (Å²) in [5, 5.41) is 9.61. The number of thiophene rings is 1. The van der Waals surface area contributed by atoms with Gasteiger partial charge < -0.3 is 4.57 Å². The Kier molecular flexibility index (Phi) is 6.39. The summed E-state index contributed by atoms with van der Waals surface area (Å²) < 4.78 is 4.89. The number of aromatic nitrogens is 4. The molecule has 11 rings (SSSR count). The maximum Gasteiger partial charge on any atom is 0.166 e. The molecule has 0 aliphatic rings. The average molecular weight is 681 g/mol. The highest BCUT2D eigenvalue weighted by atomic mass is 32.1. The Bertz CT molecular complexity index is 3190. The Hall–Kier alpha value is -6.69. The van der Waals surface area contributed by atoms with Crippen LogP contribution in [0.25, 0.3) is 103 Å². The molecule has 0 radical (unpaired) electrons. The van der Waals surface area contributed by atoms with E-state index in [0.29, 0.717) is 17.5 Å². The van der Waals surface area contributed by atoms with Crippen LogP contribution in [0.5, 0.6) is 0 Å². The van der Waals surface area contributed by atoms with Gasteiger partial charge in [-0.25, -0.2) is 15.0 Å². The first-order valence-electron chi connectivity index (χ1n) is 17.4. The van der Waals surface area contributed by atoms with E-state index >= 15 is 0 Å². The van der Waals surface area contributed by atoms with Crippen LogP contribution in [0, 0.1) is 0 Å². The summed E-state index contributed by atoms with van der Waals surface area (Å²) in [6, 6.07) is 60.4. The van der Waals surface area contributed by atoms with Gasteiger partial charge in [-0.3, -0.25) is 0 Å². The number of rotatable bonds is 4. The van der Waals surface area contributed by atoms with E-state index in [1.165, 1.54) is 47.1 Å². The molecule has 4 nitrogen and oxygen atoms in total. The monoisotopic (exact) mass is 680 g/mol. The fourth-order valence-corrected chi connectivity index (χ4v) is 8.83. The molecule has 0 aliphatic carbocycles. The minimum Gasteiger partial charge on any atom is -0.308 e. The predicted octanol–water partition coefficient (Wildman–Crippen LogP) is 12.6. The maximum absolute atomic E-state index is 5.33. The van der Waals surface area contributed by atoms with Gasteiger partial charge in [-0.15, -0.1) is 11.3 Å². The van der Waals surface area contributed by atoms with Crippen LogP contribution in [-0.4, -0.2) is 19.5 Å². The smallest absolute Gasteiger partial charge is 0.166 e. The molecule has 52 heavy (non-hydrogen) atoms. The molecule has 3 aromatic heterocycles. The summed E-state index contributed by atoms with van der Waals surface area (Å²) in [7, 11) is 0. The van der Waals surface area contributed by atoms with Crippen molar-refractivity contribution in [2.45, 2.75) is 0 Å². The van der Waals surface area contributed by atoms with E-state index in [1.54, 1.807) is 0 Å². The Morgan fingerprint density at radius 2 is 1.00 bits per heavy atom. The molecule has 0 saturated carbocycles. The third kappa shape index (κ3) is 4.57. The molecule has 0 aliphatic heterocycles. The van der Waals surface area contributed by atoms with Gasteiger partial charge in [0.05, 0.1) is 16.7 Å². The normalized spacial score (nSPS) is 11.8. The zero-order chi connectivity index (χ0) is 34.2. The van der Waals surface area contributed by atoms with Gasteiger partial charge in [-0.2, -0.15) is 0 Å². The summed E-state index contributed by atoms with van der Waals surface area (Å²) in [4.78, 5) is 15.7. The first-order valence-corrected chi connectivity index (χ1v) is 18.3. The van der Waals surface area contributed by atoms with Gasteiger partial charge in [0.15, 0.2) is 17.5 Å². The predicted molar refractivity (Wildman–Crippen MR) is 218 cm³/mol. The Morgan fingerprint density at radius 1 is 0.365 bits per heavy atom. The summed E-state index contributed by atoms with van der Waals surface area (Å²) >= 11 is 1.82. The number of fused-ring (bicyclic) bond motifs is 8. The number of nitrogens with zero attached hydrogens (tertiary/aromatic N) is 4. The van der Waals surface area contributed by atoms with Crippen LogP contribution < -0.4 is 0 Å². The lowest BCUT2D eigenvalue weighted by molar-refractivity contribution is 1.07. The number of para-hydroxylation sites is 1. The Morgan fingerprint density at radius 3 is 1.83 bits per heavy atom. The third-order valence-corrected chi connectivity index (χ3v) is 11.3. The second-order valence-electron chi connectivity index (χ2n) is 13.3. The number of hydrogen-bond donors (Lipinski definition) is 0. The van der Waals surface area contributed by atoms with E-state index < -0.39 is 0 Å². The van der Waals surface area contributed by atoms with Gasteiger partial charge in [-0.05, 0) is 64.0 Å². The second-order valence-corrected chi connectivity index (χ2v) is 14.4. The average Bonchev–Trinajstić information content (AvgIpc) is 3.74. The van der Waals surface area contributed by atoms with Gasteiger partial charge in [0, 0.05) is 47.6 Å². The molecule has 0 amide bonds. The molecule has 242 valence electrons. The first kappa shape index (κ1) is 29.1. The lowest BCUT2D eigenvalue weighted by Gasteiger charge is -2.15. The van der Waals surface area contributed by atoms with E-state index in [1.807, 2.05) is 29.5 Å². The van der Waals surface area contributed by atoms with Crippen LogP contribution in [0.2, 0.25) is 0 Å². The van der Waals surface area contributed by atoms with Crippen molar-refractivity contribution in [3.8, 4) is 39.9 Å². The van der Waals surface area contributed by atoms with Crippen molar-refractivity contribution in [3.05, 3.63) is 170 Å². The fraction of sp³-hybridized carbons (Fsp3) is 0. The Labute approximate surface area is 302 Å². The number of hydrogen-bond acceptors (Lipinski definition) is 4. The molecule has 11 aromatic rings. The lowest BCUT2D eigenvalue weighted by Crippen LogP contribution is -2.03. The molecule has 8 aromatic carbocycles. The SMILES string of the molecule is c1ccc(-c2nc(-c3ccc4ccccc4c3)nc(-c3cc4c(cc3-n3c5ccccc5c5cc6ccccc6cc53)sc3ccccc34)n2)cc1. The van der Waals surface area contributed by atoms with E-state index in [0.717, 1.165) is 38.8 Å². The van der Waals surface area contributed by atoms with Crippen LogP contribution in [0.4, 0.5) is 0 Å². The lowest BCUT2D eigenvalue weighted by atomic mass is 10.0. The minimum atomic E-state index is 0.635. The highest BCUT2D eigenvalue weighted by molar-refractivity contribution is 7.25. The molecule has 3 heterocycles. The molecule has 5 heteroatoms. The first-order chi connectivity index (χ1) is 25.7. The van der Waals surface area contributed by atoms with Crippen LogP contribution in [-0.2, 0) is 0 Å². The summed E-state index contributed by atoms with van der Waals surface area (Å²) in [6.45, 7) is 0. The molecule has 0 bridgehead atoms. The van der Waals surface area contributed by atoms with Crippen LogP contribution in [0.3, 0.4) is 0 Å². The van der Waals surface area contributed by atoms with E-state index in [-0.39, 0.29) is 0 Å². The van der Waals surface area contributed by atoms with Crippen LogP contribution >= 0.6 is 11.3 Å². The highest BCUT2D eigenvalue weighted by Crippen LogP contribution is 2.43. The number of benzene rings is 8.